The Hall–Kier alpha value is -1.59. The van der Waals surface area contributed by atoms with Crippen molar-refractivity contribution in [1.29, 1.82) is 0 Å². The van der Waals surface area contributed by atoms with Gasteiger partial charge in [0.15, 0.2) is 0 Å². The van der Waals surface area contributed by atoms with Gasteiger partial charge in [0.2, 0.25) is 0 Å². The van der Waals surface area contributed by atoms with Crippen LogP contribution in [0.25, 0.3) is 0 Å². The highest BCUT2D eigenvalue weighted by molar-refractivity contribution is 6.06. The Morgan fingerprint density at radius 1 is 1.50 bits per heavy atom. The van der Waals surface area contributed by atoms with Crippen molar-refractivity contribution in [2.45, 2.75) is 38.6 Å². The number of carbonyl (C=O) groups is 3. The molecule has 0 saturated carbocycles. The number of aliphatic carboxylic acids is 1. The third-order valence-electron chi connectivity index (χ3n) is 2.82. The first kappa shape index (κ1) is 12.5. The number of carbonyl (C=O) groups excluding carboxylic acids is 2. The average molecular weight is 228 g/mol. The first-order valence-corrected chi connectivity index (χ1v) is 5.26. The van der Waals surface area contributed by atoms with Crippen LogP contribution in [-0.2, 0) is 9.59 Å². The first-order chi connectivity index (χ1) is 7.40. The maximum Gasteiger partial charge on any atom is 0.325 e. The predicted octanol–water partition coefficient (Wildman–Crippen LogP) is 0.572. The van der Waals surface area contributed by atoms with Crippen molar-refractivity contribution < 1.29 is 19.5 Å². The van der Waals surface area contributed by atoms with Crippen LogP contribution in [0.5, 0.6) is 0 Å². The lowest BCUT2D eigenvalue weighted by atomic mass is 9.99. The van der Waals surface area contributed by atoms with Gasteiger partial charge in [0.1, 0.15) is 5.54 Å². The summed E-state index contributed by atoms with van der Waals surface area (Å²) in [5.41, 5.74) is -0.833. The molecule has 0 bridgehead atoms. The van der Waals surface area contributed by atoms with Crippen LogP contribution in [0.2, 0.25) is 0 Å². The first-order valence-electron chi connectivity index (χ1n) is 5.26. The predicted molar refractivity (Wildman–Crippen MR) is 55.8 cm³/mol. The molecule has 1 saturated heterocycles. The molecule has 0 aromatic heterocycles. The van der Waals surface area contributed by atoms with E-state index in [4.69, 9.17) is 5.11 Å². The van der Waals surface area contributed by atoms with E-state index in [-0.39, 0.29) is 25.3 Å². The molecule has 1 aliphatic rings. The number of hydrogen-bond donors (Lipinski definition) is 2. The number of urea groups is 1. The van der Waals surface area contributed by atoms with Crippen molar-refractivity contribution in [3.05, 3.63) is 0 Å². The monoisotopic (exact) mass is 228 g/mol. The molecule has 6 nitrogen and oxygen atoms in total. The number of carboxylic acids is 1. The van der Waals surface area contributed by atoms with E-state index in [2.05, 4.69) is 5.32 Å². The van der Waals surface area contributed by atoms with E-state index in [0.717, 1.165) is 4.90 Å². The van der Waals surface area contributed by atoms with Gasteiger partial charge in [-0.15, -0.1) is 0 Å². The molecule has 2 N–H and O–H groups in total. The summed E-state index contributed by atoms with van der Waals surface area (Å²) < 4.78 is 0. The molecule has 1 rings (SSSR count). The van der Waals surface area contributed by atoms with Crippen molar-refractivity contribution >= 4 is 17.9 Å². The van der Waals surface area contributed by atoms with Crippen molar-refractivity contribution in [3.63, 3.8) is 0 Å². The summed E-state index contributed by atoms with van der Waals surface area (Å²) in [5.74, 6) is -1.20. The minimum atomic E-state index is -0.926. The van der Waals surface area contributed by atoms with Crippen molar-refractivity contribution in [1.82, 2.24) is 10.2 Å². The molecule has 0 aliphatic carbocycles. The van der Waals surface area contributed by atoms with Crippen LogP contribution < -0.4 is 5.32 Å². The SMILES string of the molecule is CCC1(C)NC(=O)N(CCCC(=O)O)C1=O. The Labute approximate surface area is 93.6 Å². The number of amides is 3. The summed E-state index contributed by atoms with van der Waals surface area (Å²) in [6.07, 6.45) is 0.765. The Kier molecular flexibility index (Phi) is 3.51. The molecule has 3 amide bonds. The van der Waals surface area contributed by atoms with E-state index in [1.165, 1.54) is 0 Å². The lowest BCUT2D eigenvalue weighted by molar-refractivity contribution is -0.138. The van der Waals surface area contributed by atoms with Gasteiger partial charge in [0.25, 0.3) is 5.91 Å². The molecule has 0 radical (unpaired) electrons. The van der Waals surface area contributed by atoms with E-state index < -0.39 is 17.5 Å². The molecule has 0 spiro atoms. The summed E-state index contributed by atoms with van der Waals surface area (Å²) in [7, 11) is 0. The van der Waals surface area contributed by atoms with Crippen LogP contribution in [0.1, 0.15) is 33.1 Å². The van der Waals surface area contributed by atoms with Crippen LogP contribution in [0.15, 0.2) is 0 Å². The third kappa shape index (κ3) is 2.32. The smallest absolute Gasteiger partial charge is 0.325 e. The minimum absolute atomic E-state index is 0.0418. The van der Waals surface area contributed by atoms with Gasteiger partial charge in [0.05, 0.1) is 0 Å². The number of carboxylic acid groups (broad SMARTS) is 1. The quantitative estimate of drug-likeness (QED) is 0.673. The fourth-order valence-electron chi connectivity index (χ4n) is 1.58. The Balaban J connectivity index is 2.58. The van der Waals surface area contributed by atoms with Gasteiger partial charge in [-0.05, 0) is 19.8 Å². The van der Waals surface area contributed by atoms with E-state index in [1.54, 1.807) is 6.92 Å². The summed E-state index contributed by atoms with van der Waals surface area (Å²) in [6, 6.07) is -0.431. The van der Waals surface area contributed by atoms with Crippen LogP contribution in [-0.4, -0.2) is 40.0 Å². The number of nitrogens with one attached hydrogen (secondary N) is 1. The number of imide groups is 1. The summed E-state index contributed by atoms with van der Waals surface area (Å²) in [5, 5.41) is 11.1. The minimum Gasteiger partial charge on any atom is -0.481 e. The zero-order chi connectivity index (χ0) is 12.3. The normalized spacial score (nSPS) is 24.8. The van der Waals surface area contributed by atoms with E-state index in [1.807, 2.05) is 6.92 Å². The highest BCUT2D eigenvalue weighted by atomic mass is 16.4. The number of rotatable bonds is 5. The Morgan fingerprint density at radius 2 is 2.12 bits per heavy atom. The topological polar surface area (TPSA) is 86.7 Å². The van der Waals surface area contributed by atoms with Gasteiger partial charge in [-0.2, -0.15) is 0 Å². The van der Waals surface area contributed by atoms with Crippen molar-refractivity contribution in [2.24, 2.45) is 0 Å². The lowest BCUT2D eigenvalue weighted by Crippen LogP contribution is -2.43. The van der Waals surface area contributed by atoms with E-state index in [9.17, 15) is 14.4 Å². The van der Waals surface area contributed by atoms with Crippen molar-refractivity contribution in [3.8, 4) is 0 Å². The van der Waals surface area contributed by atoms with Crippen LogP contribution in [0.3, 0.4) is 0 Å². The molecule has 1 aliphatic heterocycles. The molecule has 1 fully saturated rings. The Bertz CT molecular complexity index is 329. The number of nitrogens with zero attached hydrogens (tertiary/aromatic N) is 1. The zero-order valence-corrected chi connectivity index (χ0v) is 9.45. The lowest BCUT2D eigenvalue weighted by Gasteiger charge is -2.19. The second-order valence-corrected chi connectivity index (χ2v) is 4.07. The average Bonchev–Trinajstić information content (AvgIpc) is 2.42. The van der Waals surface area contributed by atoms with Gasteiger partial charge < -0.3 is 10.4 Å². The molecule has 16 heavy (non-hydrogen) atoms. The Morgan fingerprint density at radius 3 is 2.56 bits per heavy atom. The molecule has 0 aromatic rings. The summed E-state index contributed by atoms with van der Waals surface area (Å²) >= 11 is 0. The van der Waals surface area contributed by atoms with Crippen molar-refractivity contribution in [2.75, 3.05) is 6.54 Å². The van der Waals surface area contributed by atoms with E-state index >= 15 is 0 Å². The molecular weight excluding hydrogens is 212 g/mol. The summed E-state index contributed by atoms with van der Waals surface area (Å²) in [6.45, 7) is 3.65. The molecule has 90 valence electrons. The van der Waals surface area contributed by atoms with Crippen LogP contribution >= 0.6 is 0 Å². The molecule has 1 atom stereocenters. The van der Waals surface area contributed by atoms with Crippen LogP contribution in [0, 0.1) is 0 Å². The van der Waals surface area contributed by atoms with E-state index in [0.29, 0.717) is 6.42 Å². The maximum atomic E-state index is 11.8. The molecule has 6 heteroatoms. The zero-order valence-electron chi connectivity index (χ0n) is 9.45. The standard InChI is InChI=1S/C10H16N2O4/c1-3-10(2)8(15)12(9(16)11-10)6-4-5-7(13)14/h3-6H2,1-2H3,(H,11,16)(H,13,14). The second kappa shape index (κ2) is 4.51. The highest BCUT2D eigenvalue weighted by Crippen LogP contribution is 2.20. The molecule has 0 aromatic carbocycles. The van der Waals surface area contributed by atoms with Gasteiger partial charge in [-0.1, -0.05) is 6.92 Å². The molecule has 1 unspecified atom stereocenters. The highest BCUT2D eigenvalue weighted by Gasteiger charge is 2.45. The van der Waals surface area contributed by atoms with Crippen LogP contribution in [0.4, 0.5) is 4.79 Å². The molecule has 1 heterocycles. The largest absolute Gasteiger partial charge is 0.481 e. The fraction of sp³-hybridized carbons (Fsp3) is 0.700. The molecular formula is C10H16N2O4. The third-order valence-corrected chi connectivity index (χ3v) is 2.82. The van der Waals surface area contributed by atoms with Gasteiger partial charge in [-0.25, -0.2) is 4.79 Å². The maximum absolute atomic E-state index is 11.8. The van der Waals surface area contributed by atoms with Gasteiger partial charge >= 0.3 is 12.0 Å². The van der Waals surface area contributed by atoms with Gasteiger partial charge in [-0.3, -0.25) is 14.5 Å². The second-order valence-electron chi connectivity index (χ2n) is 4.07. The number of hydrogen-bond acceptors (Lipinski definition) is 3. The fourth-order valence-corrected chi connectivity index (χ4v) is 1.58. The van der Waals surface area contributed by atoms with Gasteiger partial charge in [0, 0.05) is 13.0 Å². The summed E-state index contributed by atoms with van der Waals surface area (Å²) in [4.78, 5) is 34.7.